The Balaban J connectivity index is 3.19. The predicted molar refractivity (Wildman–Crippen MR) is 85.5 cm³/mol. The molecule has 1 unspecified atom stereocenters. The van der Waals surface area contributed by atoms with Crippen LogP contribution in [0.4, 0.5) is 30.7 Å². The summed E-state index contributed by atoms with van der Waals surface area (Å²) in [5, 5.41) is -6.07. The normalized spacial score (nSPS) is 18.5. The number of hydrogen-bond donors (Lipinski definition) is 1. The Morgan fingerprint density at radius 1 is 1.03 bits per heavy atom. The molecule has 0 aromatic heterocycles. The first-order chi connectivity index (χ1) is 13.9. The summed E-state index contributed by atoms with van der Waals surface area (Å²) in [4.78, 5) is 24.0. The van der Waals surface area contributed by atoms with Crippen LogP contribution in [0.1, 0.15) is 39.0 Å². The molecule has 0 radical (unpaired) electrons. The van der Waals surface area contributed by atoms with Crippen LogP contribution in [0.3, 0.4) is 0 Å². The second-order valence-electron chi connectivity index (χ2n) is 6.53. The van der Waals surface area contributed by atoms with Crippen molar-refractivity contribution in [2.45, 2.75) is 62.2 Å². The summed E-state index contributed by atoms with van der Waals surface area (Å²) in [5.74, 6) is -15.1. The molecule has 0 bridgehead atoms. The topological polar surface area (TPSA) is 116 Å². The van der Waals surface area contributed by atoms with Crippen molar-refractivity contribution in [3.8, 4) is 0 Å². The summed E-state index contributed by atoms with van der Waals surface area (Å²) in [6.45, 7) is -1.65. The maximum absolute atomic E-state index is 13.7. The summed E-state index contributed by atoms with van der Waals surface area (Å²) in [7, 11) is -6.65. The van der Waals surface area contributed by atoms with Crippen LogP contribution < -0.4 is 0 Å². The Hall–Kier alpha value is -1.68. The van der Waals surface area contributed by atoms with Gasteiger partial charge < -0.3 is 14.2 Å². The van der Waals surface area contributed by atoms with Gasteiger partial charge in [0, 0.05) is 6.42 Å². The molecule has 1 aliphatic rings. The van der Waals surface area contributed by atoms with Crippen molar-refractivity contribution < 1.29 is 67.5 Å². The molecule has 182 valence electrons. The van der Waals surface area contributed by atoms with E-state index in [2.05, 4.69) is 14.2 Å². The number of rotatable bonds is 10. The third-order valence-corrected chi connectivity index (χ3v) is 5.27. The van der Waals surface area contributed by atoms with E-state index in [1.165, 1.54) is 0 Å². The fraction of sp³-hybridized carbons (Fsp3) is 0.867. The highest BCUT2D eigenvalue weighted by atomic mass is 32.2. The molecule has 0 heterocycles. The first-order valence-corrected chi connectivity index (χ1v) is 10.2. The molecule has 1 rings (SSSR count). The van der Waals surface area contributed by atoms with Crippen LogP contribution in [0.5, 0.6) is 0 Å². The van der Waals surface area contributed by atoms with Gasteiger partial charge in [-0.25, -0.2) is 4.79 Å². The Bertz CT molecular complexity index is 762. The van der Waals surface area contributed by atoms with Crippen molar-refractivity contribution in [3.63, 3.8) is 0 Å². The van der Waals surface area contributed by atoms with E-state index >= 15 is 0 Å². The van der Waals surface area contributed by atoms with Crippen LogP contribution >= 0.6 is 0 Å². The van der Waals surface area contributed by atoms with E-state index in [9.17, 15) is 48.7 Å². The molecule has 0 aromatic rings. The molecule has 1 fully saturated rings. The van der Waals surface area contributed by atoms with Gasteiger partial charge in [0.25, 0.3) is 0 Å². The third-order valence-electron chi connectivity index (χ3n) is 4.32. The van der Waals surface area contributed by atoms with Crippen LogP contribution in [0.15, 0.2) is 0 Å². The molecular weight excluding hydrogens is 473 g/mol. The van der Waals surface area contributed by atoms with E-state index in [0.29, 0.717) is 12.8 Å². The van der Waals surface area contributed by atoms with Gasteiger partial charge >= 0.3 is 45.2 Å². The monoisotopic (exact) mass is 492 g/mol. The van der Waals surface area contributed by atoms with Crippen molar-refractivity contribution in [1.82, 2.24) is 0 Å². The van der Waals surface area contributed by atoms with Crippen LogP contribution in [-0.4, -0.2) is 61.3 Å². The van der Waals surface area contributed by atoms with Crippen molar-refractivity contribution in [2.24, 2.45) is 5.92 Å². The summed E-state index contributed by atoms with van der Waals surface area (Å²) < 4.78 is 136. The number of halogens is 7. The van der Waals surface area contributed by atoms with Gasteiger partial charge in [0.1, 0.15) is 0 Å². The molecule has 1 aliphatic carbocycles. The molecule has 0 aromatic carbocycles. The molecule has 1 N–H and O–H groups in total. The SMILES string of the molecule is CCOC(=O)C(OCCC(F)(F)C(F)(F)S(=O)(=O)O)(OC(=O)C1CCCC1)C(F)(F)F. The van der Waals surface area contributed by atoms with E-state index in [1.807, 2.05) is 0 Å². The zero-order chi connectivity index (χ0) is 24.3. The largest absolute Gasteiger partial charge is 0.468 e. The average molecular weight is 492 g/mol. The molecule has 0 saturated heterocycles. The van der Waals surface area contributed by atoms with Gasteiger partial charge in [0.2, 0.25) is 0 Å². The van der Waals surface area contributed by atoms with Crippen LogP contribution in [0.25, 0.3) is 0 Å². The lowest BCUT2D eigenvalue weighted by molar-refractivity contribution is -0.359. The maximum atomic E-state index is 13.7. The van der Waals surface area contributed by atoms with Gasteiger partial charge in [-0.2, -0.15) is 39.2 Å². The quantitative estimate of drug-likeness (QED) is 0.214. The highest BCUT2D eigenvalue weighted by molar-refractivity contribution is 7.87. The second kappa shape index (κ2) is 9.44. The minimum absolute atomic E-state index is 0.119. The molecule has 0 aliphatic heterocycles. The highest BCUT2D eigenvalue weighted by Crippen LogP contribution is 2.43. The minimum atomic E-state index is -6.65. The molecular formula is C15H19F7O8S. The van der Waals surface area contributed by atoms with E-state index in [0.717, 1.165) is 6.92 Å². The minimum Gasteiger partial charge on any atom is -0.461 e. The summed E-state index contributed by atoms with van der Waals surface area (Å²) >= 11 is 0. The molecule has 1 atom stereocenters. The number of carbonyl (C=O) groups excluding carboxylic acids is 2. The van der Waals surface area contributed by atoms with Crippen LogP contribution in [0.2, 0.25) is 0 Å². The van der Waals surface area contributed by atoms with Gasteiger partial charge in [-0.05, 0) is 19.8 Å². The molecule has 16 heteroatoms. The van der Waals surface area contributed by atoms with E-state index in [4.69, 9.17) is 4.55 Å². The maximum Gasteiger partial charge on any atom is 0.468 e. The number of alkyl halides is 7. The van der Waals surface area contributed by atoms with E-state index < -0.39 is 70.7 Å². The molecule has 0 amide bonds. The van der Waals surface area contributed by atoms with Crippen molar-refractivity contribution in [3.05, 3.63) is 0 Å². The Labute approximate surface area is 171 Å². The first-order valence-electron chi connectivity index (χ1n) is 8.76. The Morgan fingerprint density at radius 3 is 1.97 bits per heavy atom. The lowest BCUT2D eigenvalue weighted by Gasteiger charge is -2.33. The first kappa shape index (κ1) is 27.4. The van der Waals surface area contributed by atoms with Crippen molar-refractivity contribution in [2.75, 3.05) is 13.2 Å². The molecule has 0 spiro atoms. The summed E-state index contributed by atoms with van der Waals surface area (Å²) in [6.07, 6.45) is -7.11. The predicted octanol–water partition coefficient (Wildman–Crippen LogP) is 3.06. The molecule has 1 saturated carbocycles. The van der Waals surface area contributed by atoms with E-state index in [1.54, 1.807) is 0 Å². The summed E-state index contributed by atoms with van der Waals surface area (Å²) in [6, 6.07) is 0. The molecule has 31 heavy (non-hydrogen) atoms. The van der Waals surface area contributed by atoms with Gasteiger partial charge in [-0.15, -0.1) is 0 Å². The van der Waals surface area contributed by atoms with Gasteiger partial charge in [-0.3, -0.25) is 9.35 Å². The van der Waals surface area contributed by atoms with Crippen molar-refractivity contribution >= 4 is 22.1 Å². The zero-order valence-electron chi connectivity index (χ0n) is 15.9. The van der Waals surface area contributed by atoms with Crippen LogP contribution in [-0.2, 0) is 33.9 Å². The number of carbonyl (C=O) groups is 2. The van der Waals surface area contributed by atoms with Gasteiger partial charge in [0.05, 0.1) is 19.1 Å². The average Bonchev–Trinajstić information content (AvgIpc) is 3.13. The Kier molecular flexibility index (Phi) is 8.33. The lowest BCUT2D eigenvalue weighted by atomic mass is 10.1. The van der Waals surface area contributed by atoms with Crippen LogP contribution in [0, 0.1) is 5.92 Å². The van der Waals surface area contributed by atoms with Gasteiger partial charge in [-0.1, -0.05) is 12.8 Å². The summed E-state index contributed by atoms with van der Waals surface area (Å²) in [5.41, 5.74) is 0. The number of esters is 2. The van der Waals surface area contributed by atoms with Crippen molar-refractivity contribution in [1.29, 1.82) is 0 Å². The standard InChI is InChI=1S/C15H19F7O8S/c1-2-28-11(24)13(14(18,19)20,30-10(23)9-5-3-4-6-9)29-8-7-12(16,17)15(21,22)31(25,26)27/h9H,2-8H2,1H3,(H,25,26,27). The number of hydrogen-bond acceptors (Lipinski definition) is 7. The third kappa shape index (κ3) is 5.77. The number of ether oxygens (including phenoxy) is 3. The lowest BCUT2D eigenvalue weighted by Crippen LogP contribution is -2.59. The van der Waals surface area contributed by atoms with E-state index in [-0.39, 0.29) is 12.8 Å². The second-order valence-corrected chi connectivity index (χ2v) is 7.99. The fourth-order valence-corrected chi connectivity index (χ4v) is 3.13. The van der Waals surface area contributed by atoms with Gasteiger partial charge in [0.15, 0.2) is 0 Å². The zero-order valence-corrected chi connectivity index (χ0v) is 16.7. The Morgan fingerprint density at radius 2 is 1.55 bits per heavy atom. The fourth-order valence-electron chi connectivity index (χ4n) is 2.66. The smallest absolute Gasteiger partial charge is 0.461 e. The molecule has 8 nitrogen and oxygen atoms in total. The highest BCUT2D eigenvalue weighted by Gasteiger charge is 2.69.